The predicted octanol–water partition coefficient (Wildman–Crippen LogP) is 0.691. The van der Waals surface area contributed by atoms with Gasteiger partial charge in [-0.2, -0.15) is 10.3 Å². The minimum absolute atomic E-state index is 0.167. The van der Waals surface area contributed by atoms with Crippen LogP contribution in [0.2, 0.25) is 0 Å². The van der Waals surface area contributed by atoms with Crippen molar-refractivity contribution in [3.8, 4) is 0 Å². The average molecular weight is 189 g/mol. The van der Waals surface area contributed by atoms with Crippen LogP contribution in [-0.2, 0) is 5.54 Å². The van der Waals surface area contributed by atoms with Gasteiger partial charge in [0.05, 0.1) is 0 Å². The molecule has 0 atom stereocenters. The highest BCUT2D eigenvalue weighted by Gasteiger charge is 2.34. The summed E-state index contributed by atoms with van der Waals surface area (Å²) in [4.78, 5) is 4.20. The molecular formula is C9H11N5. The molecule has 5 nitrogen and oxygen atoms in total. The summed E-state index contributed by atoms with van der Waals surface area (Å²) >= 11 is 0. The molecule has 2 aromatic heterocycles. The van der Waals surface area contributed by atoms with E-state index in [2.05, 4.69) is 20.4 Å². The van der Waals surface area contributed by atoms with Gasteiger partial charge in [0.15, 0.2) is 0 Å². The fourth-order valence-corrected chi connectivity index (χ4v) is 1.86. The van der Waals surface area contributed by atoms with E-state index >= 15 is 0 Å². The summed E-state index contributed by atoms with van der Waals surface area (Å²) in [6, 6.07) is 1.98. The van der Waals surface area contributed by atoms with Crippen molar-refractivity contribution in [1.82, 2.24) is 20.4 Å². The monoisotopic (exact) mass is 189 g/mol. The van der Waals surface area contributed by atoms with E-state index < -0.39 is 0 Å². The van der Waals surface area contributed by atoms with Gasteiger partial charge in [0.2, 0.25) is 5.65 Å². The molecule has 0 spiro atoms. The van der Waals surface area contributed by atoms with Gasteiger partial charge in [-0.25, -0.2) is 4.98 Å². The maximum absolute atomic E-state index is 6.19. The number of fused-ring (bicyclic) bond motifs is 1. The quantitative estimate of drug-likeness (QED) is 0.691. The lowest BCUT2D eigenvalue weighted by Gasteiger charge is -2.38. The maximum Gasteiger partial charge on any atom is 0.201 e. The van der Waals surface area contributed by atoms with Gasteiger partial charge in [0, 0.05) is 11.7 Å². The molecule has 0 radical (unpaired) electrons. The largest absolute Gasteiger partial charge is 0.321 e. The molecule has 0 aliphatic heterocycles. The van der Waals surface area contributed by atoms with Gasteiger partial charge in [0.25, 0.3) is 0 Å². The number of nitrogens with one attached hydrogen (secondary N) is 1. The Morgan fingerprint density at radius 2 is 2.21 bits per heavy atom. The molecule has 2 heterocycles. The van der Waals surface area contributed by atoms with Gasteiger partial charge in [-0.3, -0.25) is 0 Å². The van der Waals surface area contributed by atoms with Crippen molar-refractivity contribution < 1.29 is 0 Å². The number of nitrogens with two attached hydrogens (primary N) is 1. The highest BCUT2D eigenvalue weighted by molar-refractivity contribution is 5.69. The van der Waals surface area contributed by atoms with Crippen LogP contribution in [-0.4, -0.2) is 20.4 Å². The first-order chi connectivity index (χ1) is 6.78. The Morgan fingerprint density at radius 1 is 1.36 bits per heavy atom. The first-order valence-corrected chi connectivity index (χ1v) is 4.74. The van der Waals surface area contributed by atoms with Crippen LogP contribution in [0.1, 0.15) is 24.8 Å². The number of rotatable bonds is 1. The molecule has 0 bridgehead atoms. The summed E-state index contributed by atoms with van der Waals surface area (Å²) in [7, 11) is 0. The van der Waals surface area contributed by atoms with Crippen LogP contribution in [0, 0.1) is 0 Å². The smallest absolute Gasteiger partial charge is 0.201 e. The van der Waals surface area contributed by atoms with E-state index in [1.54, 1.807) is 0 Å². The molecule has 14 heavy (non-hydrogen) atoms. The van der Waals surface area contributed by atoms with Crippen molar-refractivity contribution in [3.05, 3.63) is 17.8 Å². The second-order valence-corrected chi connectivity index (χ2v) is 3.90. The summed E-state index contributed by atoms with van der Waals surface area (Å²) in [6.07, 6.45) is 5.09. The van der Waals surface area contributed by atoms with Crippen molar-refractivity contribution in [2.24, 2.45) is 5.73 Å². The number of pyridine rings is 1. The number of nitrogens with zero attached hydrogens (tertiary/aromatic N) is 3. The molecular weight excluding hydrogens is 178 g/mol. The minimum atomic E-state index is -0.167. The number of hydrogen-bond acceptors (Lipinski definition) is 4. The molecule has 1 fully saturated rings. The van der Waals surface area contributed by atoms with E-state index in [4.69, 9.17) is 5.73 Å². The normalized spacial score (nSPS) is 19.5. The highest BCUT2D eigenvalue weighted by atomic mass is 15.3. The molecule has 0 unspecified atom stereocenters. The molecule has 72 valence electrons. The first-order valence-electron chi connectivity index (χ1n) is 4.74. The van der Waals surface area contributed by atoms with Gasteiger partial charge in [-0.15, -0.1) is 5.10 Å². The number of H-pyrrole nitrogens is 1. The van der Waals surface area contributed by atoms with Crippen LogP contribution < -0.4 is 5.73 Å². The van der Waals surface area contributed by atoms with Crippen molar-refractivity contribution in [2.45, 2.75) is 24.8 Å². The molecule has 3 rings (SSSR count). The van der Waals surface area contributed by atoms with E-state index in [0.717, 1.165) is 23.9 Å². The summed E-state index contributed by atoms with van der Waals surface area (Å²) in [5, 5.41) is 10.4. The van der Waals surface area contributed by atoms with Crippen LogP contribution in [0.5, 0.6) is 0 Å². The summed E-state index contributed by atoms with van der Waals surface area (Å²) in [5.74, 6) is 0. The lowest BCUT2D eigenvalue weighted by molar-refractivity contribution is 0.253. The molecule has 0 aromatic carbocycles. The number of aromatic nitrogens is 4. The highest BCUT2D eigenvalue weighted by Crippen LogP contribution is 2.38. The second kappa shape index (κ2) is 2.51. The van der Waals surface area contributed by atoms with Gasteiger partial charge < -0.3 is 5.73 Å². The zero-order chi connectivity index (χ0) is 9.60. The number of hydrogen-bond donors (Lipinski definition) is 2. The van der Waals surface area contributed by atoms with E-state index in [-0.39, 0.29) is 5.54 Å². The van der Waals surface area contributed by atoms with E-state index in [1.807, 2.05) is 12.3 Å². The van der Waals surface area contributed by atoms with Crippen molar-refractivity contribution in [2.75, 3.05) is 0 Å². The molecule has 0 amide bonds. The fraction of sp³-hybridized carbons (Fsp3) is 0.444. The van der Waals surface area contributed by atoms with Crippen molar-refractivity contribution in [1.29, 1.82) is 0 Å². The summed E-state index contributed by atoms with van der Waals surface area (Å²) in [5.41, 5.74) is 8.53. The van der Waals surface area contributed by atoms with Crippen LogP contribution in [0.25, 0.3) is 11.2 Å². The Kier molecular flexibility index (Phi) is 1.41. The topological polar surface area (TPSA) is 80.5 Å². The van der Waals surface area contributed by atoms with Crippen molar-refractivity contribution in [3.63, 3.8) is 0 Å². The van der Waals surface area contributed by atoms with Crippen LogP contribution in [0.3, 0.4) is 0 Å². The van der Waals surface area contributed by atoms with E-state index in [1.165, 1.54) is 6.42 Å². The molecule has 0 saturated heterocycles. The molecule has 1 saturated carbocycles. The third-order valence-corrected chi connectivity index (χ3v) is 2.99. The Hall–Kier alpha value is -1.49. The molecule has 5 heteroatoms. The van der Waals surface area contributed by atoms with Crippen LogP contribution >= 0.6 is 0 Å². The Bertz CT molecular complexity index is 471. The van der Waals surface area contributed by atoms with E-state index in [9.17, 15) is 0 Å². The summed E-state index contributed by atoms with van der Waals surface area (Å²) < 4.78 is 0. The van der Waals surface area contributed by atoms with Crippen LogP contribution in [0.4, 0.5) is 0 Å². The van der Waals surface area contributed by atoms with Gasteiger partial charge in [-0.1, -0.05) is 0 Å². The lowest BCUT2D eigenvalue weighted by atomic mass is 9.73. The van der Waals surface area contributed by atoms with Crippen LogP contribution in [0.15, 0.2) is 12.3 Å². The zero-order valence-corrected chi connectivity index (χ0v) is 7.70. The molecule has 1 aliphatic rings. The third kappa shape index (κ3) is 0.957. The molecule has 1 aliphatic carbocycles. The average Bonchev–Trinajstić information content (AvgIpc) is 2.60. The standard InChI is InChI=1S/C9H11N5/c10-9(2-1-3-9)6-4-7-8(11-5-6)13-14-12-7/h4-5H,1-3,10H2,(H,11,12,13,14). The Morgan fingerprint density at radius 3 is 2.93 bits per heavy atom. The molecule has 3 N–H and O–H groups in total. The zero-order valence-electron chi connectivity index (χ0n) is 7.70. The van der Waals surface area contributed by atoms with E-state index in [0.29, 0.717) is 5.65 Å². The maximum atomic E-state index is 6.19. The van der Waals surface area contributed by atoms with Gasteiger partial charge in [-0.05, 0) is 30.9 Å². The SMILES string of the molecule is NC1(c2cnc3n[nH]nc3c2)CCC1. The number of aromatic amines is 1. The lowest BCUT2D eigenvalue weighted by Crippen LogP contribution is -2.43. The minimum Gasteiger partial charge on any atom is -0.321 e. The molecule has 2 aromatic rings. The Balaban J connectivity index is 2.13. The fourth-order valence-electron chi connectivity index (χ4n) is 1.86. The second-order valence-electron chi connectivity index (χ2n) is 3.90. The Labute approximate surface area is 80.7 Å². The predicted molar refractivity (Wildman–Crippen MR) is 51.4 cm³/mol. The third-order valence-electron chi connectivity index (χ3n) is 2.99. The van der Waals surface area contributed by atoms with Gasteiger partial charge in [0.1, 0.15) is 5.52 Å². The summed E-state index contributed by atoms with van der Waals surface area (Å²) in [6.45, 7) is 0. The van der Waals surface area contributed by atoms with Crippen molar-refractivity contribution >= 4 is 11.2 Å². The van der Waals surface area contributed by atoms with Gasteiger partial charge >= 0.3 is 0 Å². The first kappa shape index (κ1) is 7.87.